The van der Waals surface area contributed by atoms with E-state index in [2.05, 4.69) is 5.32 Å². The van der Waals surface area contributed by atoms with Gasteiger partial charge in [-0.3, -0.25) is 4.79 Å². The maximum absolute atomic E-state index is 12.0. The fourth-order valence-corrected chi connectivity index (χ4v) is 1.88. The Hall–Kier alpha value is -2.86. The molecule has 7 heteroatoms. The Balaban J connectivity index is 2.32. The van der Waals surface area contributed by atoms with Crippen LogP contribution >= 0.6 is 11.6 Å². The van der Waals surface area contributed by atoms with Crippen LogP contribution in [-0.2, 0) is 0 Å². The second-order valence-corrected chi connectivity index (χ2v) is 4.81. The maximum Gasteiger partial charge on any atom is 0.335 e. The van der Waals surface area contributed by atoms with Crippen LogP contribution in [0.25, 0.3) is 0 Å². The molecule has 0 radical (unpaired) electrons. The van der Waals surface area contributed by atoms with Crippen molar-refractivity contribution in [2.24, 2.45) is 0 Å². The van der Waals surface area contributed by atoms with E-state index < -0.39 is 17.8 Å². The standard InChI is InChI=1S/C15H10ClNO5/c16-11-3-1-8(2-4-11)13(18)17-12-6-9(14(19)20)5-10(7-12)15(21)22/h1-7H,(H,17,18)(H,19,20)(H,21,22). The predicted molar refractivity (Wildman–Crippen MR) is 79.8 cm³/mol. The molecule has 112 valence electrons. The van der Waals surface area contributed by atoms with Gasteiger partial charge in [-0.2, -0.15) is 0 Å². The molecule has 0 spiro atoms. The highest BCUT2D eigenvalue weighted by molar-refractivity contribution is 6.30. The summed E-state index contributed by atoms with van der Waals surface area (Å²) in [5, 5.41) is 20.9. The molecule has 22 heavy (non-hydrogen) atoms. The zero-order valence-corrected chi connectivity index (χ0v) is 11.8. The third-order valence-corrected chi connectivity index (χ3v) is 3.04. The Bertz CT molecular complexity index is 723. The van der Waals surface area contributed by atoms with Gasteiger partial charge in [-0.15, -0.1) is 0 Å². The summed E-state index contributed by atoms with van der Waals surface area (Å²) in [5.74, 6) is -3.08. The Labute approximate surface area is 130 Å². The number of amides is 1. The predicted octanol–water partition coefficient (Wildman–Crippen LogP) is 2.99. The molecule has 0 fully saturated rings. The van der Waals surface area contributed by atoms with Gasteiger partial charge in [-0.1, -0.05) is 11.6 Å². The van der Waals surface area contributed by atoms with Gasteiger partial charge in [-0.05, 0) is 42.5 Å². The summed E-state index contributed by atoms with van der Waals surface area (Å²) in [6.07, 6.45) is 0. The van der Waals surface area contributed by atoms with Crippen LogP contribution < -0.4 is 5.32 Å². The monoisotopic (exact) mass is 319 g/mol. The fraction of sp³-hybridized carbons (Fsp3) is 0. The number of benzene rings is 2. The van der Waals surface area contributed by atoms with E-state index in [0.29, 0.717) is 10.6 Å². The summed E-state index contributed by atoms with van der Waals surface area (Å²) in [5.41, 5.74) is -0.0723. The van der Waals surface area contributed by atoms with Crippen LogP contribution in [0, 0.1) is 0 Å². The molecule has 0 aliphatic heterocycles. The minimum absolute atomic E-state index is 0.0808. The average molecular weight is 320 g/mol. The number of hydrogen-bond donors (Lipinski definition) is 3. The van der Waals surface area contributed by atoms with Gasteiger partial charge in [0, 0.05) is 16.3 Å². The number of rotatable bonds is 4. The summed E-state index contributed by atoms with van der Waals surface area (Å²) in [6.45, 7) is 0. The Kier molecular flexibility index (Phi) is 4.43. The molecule has 0 atom stereocenters. The molecule has 2 aromatic carbocycles. The number of aromatic carboxylic acids is 2. The zero-order valence-electron chi connectivity index (χ0n) is 11.0. The molecule has 0 bridgehead atoms. The van der Waals surface area contributed by atoms with Gasteiger partial charge < -0.3 is 15.5 Å². The zero-order chi connectivity index (χ0) is 16.3. The molecule has 0 saturated heterocycles. The number of nitrogens with one attached hydrogen (secondary N) is 1. The lowest BCUT2D eigenvalue weighted by molar-refractivity contribution is 0.0696. The van der Waals surface area contributed by atoms with Crippen molar-refractivity contribution in [3.63, 3.8) is 0 Å². The van der Waals surface area contributed by atoms with E-state index in [1.165, 1.54) is 36.4 Å². The highest BCUT2D eigenvalue weighted by Gasteiger charge is 2.13. The van der Waals surface area contributed by atoms with E-state index >= 15 is 0 Å². The van der Waals surface area contributed by atoms with Gasteiger partial charge in [0.2, 0.25) is 0 Å². The summed E-state index contributed by atoms with van der Waals surface area (Å²) in [7, 11) is 0. The third-order valence-electron chi connectivity index (χ3n) is 2.79. The van der Waals surface area contributed by atoms with Gasteiger partial charge >= 0.3 is 11.9 Å². The summed E-state index contributed by atoms with van der Waals surface area (Å²) in [4.78, 5) is 34.0. The molecule has 3 N–H and O–H groups in total. The molecule has 1 amide bonds. The molecular formula is C15H10ClNO5. The first kappa shape index (κ1) is 15.5. The van der Waals surface area contributed by atoms with Crippen LogP contribution in [0.3, 0.4) is 0 Å². The van der Waals surface area contributed by atoms with Crippen molar-refractivity contribution in [2.75, 3.05) is 5.32 Å². The first-order valence-electron chi connectivity index (χ1n) is 6.05. The van der Waals surface area contributed by atoms with Crippen molar-refractivity contribution in [3.05, 3.63) is 64.2 Å². The quantitative estimate of drug-likeness (QED) is 0.803. The first-order chi connectivity index (χ1) is 10.4. The van der Waals surface area contributed by atoms with Crippen LogP contribution in [0.2, 0.25) is 5.02 Å². The third kappa shape index (κ3) is 3.62. The van der Waals surface area contributed by atoms with Crippen molar-refractivity contribution >= 4 is 35.1 Å². The van der Waals surface area contributed by atoms with Crippen LogP contribution in [0.4, 0.5) is 5.69 Å². The van der Waals surface area contributed by atoms with E-state index in [9.17, 15) is 14.4 Å². The van der Waals surface area contributed by atoms with Crippen molar-refractivity contribution in [1.29, 1.82) is 0 Å². The number of carboxylic acids is 2. The highest BCUT2D eigenvalue weighted by atomic mass is 35.5. The maximum atomic E-state index is 12.0. The number of anilines is 1. The Morgan fingerprint density at radius 2 is 1.32 bits per heavy atom. The molecule has 2 rings (SSSR count). The number of hydrogen-bond acceptors (Lipinski definition) is 3. The number of halogens is 1. The van der Waals surface area contributed by atoms with E-state index in [4.69, 9.17) is 21.8 Å². The first-order valence-corrected chi connectivity index (χ1v) is 6.43. The molecule has 0 aliphatic carbocycles. The van der Waals surface area contributed by atoms with Gasteiger partial charge in [-0.25, -0.2) is 9.59 Å². The van der Waals surface area contributed by atoms with Crippen molar-refractivity contribution in [2.45, 2.75) is 0 Å². The molecule has 0 aromatic heterocycles. The number of carbonyl (C=O) groups excluding carboxylic acids is 1. The normalized spacial score (nSPS) is 10.0. The van der Waals surface area contributed by atoms with Crippen molar-refractivity contribution in [3.8, 4) is 0 Å². The second kappa shape index (κ2) is 6.28. The summed E-state index contributed by atoms with van der Waals surface area (Å²) >= 11 is 5.73. The van der Waals surface area contributed by atoms with Crippen molar-refractivity contribution < 1.29 is 24.6 Å². The number of carboxylic acid groups (broad SMARTS) is 2. The van der Waals surface area contributed by atoms with Crippen molar-refractivity contribution in [1.82, 2.24) is 0 Å². The molecule has 6 nitrogen and oxygen atoms in total. The highest BCUT2D eigenvalue weighted by Crippen LogP contribution is 2.17. The van der Waals surface area contributed by atoms with E-state index in [1.54, 1.807) is 0 Å². The summed E-state index contributed by atoms with van der Waals surface area (Å²) in [6, 6.07) is 9.45. The number of carbonyl (C=O) groups is 3. The molecule has 2 aromatic rings. The molecule has 0 heterocycles. The lowest BCUT2D eigenvalue weighted by Crippen LogP contribution is -2.13. The summed E-state index contributed by atoms with van der Waals surface area (Å²) < 4.78 is 0. The molecular weight excluding hydrogens is 310 g/mol. The topological polar surface area (TPSA) is 104 Å². The van der Waals surface area contributed by atoms with Gasteiger partial charge in [0.1, 0.15) is 0 Å². The Morgan fingerprint density at radius 3 is 1.77 bits per heavy atom. The smallest absolute Gasteiger partial charge is 0.335 e. The molecule has 0 saturated carbocycles. The minimum Gasteiger partial charge on any atom is -0.478 e. The SMILES string of the molecule is O=C(O)c1cc(NC(=O)c2ccc(Cl)cc2)cc(C(=O)O)c1. The van der Waals surface area contributed by atoms with E-state index in [0.717, 1.165) is 6.07 Å². The van der Waals surface area contributed by atoms with Crippen LogP contribution in [0.5, 0.6) is 0 Å². The van der Waals surface area contributed by atoms with Crippen LogP contribution in [-0.4, -0.2) is 28.1 Å². The largest absolute Gasteiger partial charge is 0.478 e. The lowest BCUT2D eigenvalue weighted by atomic mass is 10.1. The van der Waals surface area contributed by atoms with Crippen LogP contribution in [0.15, 0.2) is 42.5 Å². The van der Waals surface area contributed by atoms with Crippen LogP contribution in [0.1, 0.15) is 31.1 Å². The van der Waals surface area contributed by atoms with E-state index in [1.807, 2.05) is 0 Å². The average Bonchev–Trinajstić information content (AvgIpc) is 2.47. The lowest BCUT2D eigenvalue weighted by Gasteiger charge is -2.08. The van der Waals surface area contributed by atoms with Gasteiger partial charge in [0.25, 0.3) is 5.91 Å². The van der Waals surface area contributed by atoms with E-state index in [-0.39, 0.29) is 16.8 Å². The van der Waals surface area contributed by atoms with Gasteiger partial charge in [0.15, 0.2) is 0 Å². The Morgan fingerprint density at radius 1 is 0.818 bits per heavy atom. The van der Waals surface area contributed by atoms with Gasteiger partial charge in [0.05, 0.1) is 11.1 Å². The minimum atomic E-state index is -1.29. The molecule has 0 unspecified atom stereocenters. The molecule has 0 aliphatic rings. The second-order valence-electron chi connectivity index (χ2n) is 4.37. The fourth-order valence-electron chi connectivity index (χ4n) is 1.75.